The van der Waals surface area contributed by atoms with Crippen LogP contribution in [0.15, 0.2) is 0 Å². The number of ether oxygens (including phenoxy) is 1. The van der Waals surface area contributed by atoms with E-state index in [1.54, 1.807) is 0 Å². The Morgan fingerprint density at radius 1 is 1.85 bits per heavy atom. The Labute approximate surface area is 83.2 Å². The van der Waals surface area contributed by atoms with Gasteiger partial charge in [-0.3, -0.25) is 14.9 Å². The van der Waals surface area contributed by atoms with Crippen LogP contribution in [-0.4, -0.2) is 33.2 Å². The quantitative estimate of drug-likeness (QED) is 0.257. The van der Waals surface area contributed by atoms with E-state index in [4.69, 9.17) is 5.11 Å². The number of esters is 1. The number of rotatable bonds is 4. The van der Waals surface area contributed by atoms with Crippen LogP contribution in [0.3, 0.4) is 0 Å². The summed E-state index contributed by atoms with van der Waals surface area (Å²) in [7, 11) is 0. The molecule has 7 heteroatoms. The van der Waals surface area contributed by atoms with Crippen LogP contribution < -0.4 is 0 Å². The molecule has 76 valence electrons. The van der Waals surface area contributed by atoms with Gasteiger partial charge in [0.2, 0.25) is 0 Å². The molecule has 13 heavy (non-hydrogen) atoms. The van der Waals surface area contributed by atoms with E-state index in [1.165, 1.54) is 6.92 Å². The van der Waals surface area contributed by atoms with E-state index in [-0.39, 0.29) is 0 Å². The Balaban J connectivity index is 4.56. The summed E-state index contributed by atoms with van der Waals surface area (Å²) in [4.78, 5) is 20.2. The molecule has 0 aliphatic heterocycles. The minimum atomic E-state index is -1.82. The first-order valence-corrected chi connectivity index (χ1v) is 4.25. The van der Waals surface area contributed by atoms with Crippen molar-refractivity contribution in [3.05, 3.63) is 10.1 Å². The van der Waals surface area contributed by atoms with E-state index in [0.717, 1.165) is 6.92 Å². The van der Waals surface area contributed by atoms with Crippen molar-refractivity contribution >= 4 is 21.9 Å². The summed E-state index contributed by atoms with van der Waals surface area (Å²) in [5.41, 5.74) is 0. The van der Waals surface area contributed by atoms with Crippen LogP contribution in [0, 0.1) is 10.1 Å². The van der Waals surface area contributed by atoms with Crippen molar-refractivity contribution in [2.45, 2.75) is 24.4 Å². The molecule has 0 saturated carbocycles. The molecule has 0 saturated heterocycles. The van der Waals surface area contributed by atoms with Gasteiger partial charge in [-0.05, 0) is 6.92 Å². The van der Waals surface area contributed by atoms with Crippen LogP contribution in [0.5, 0.6) is 0 Å². The SMILES string of the molecule is CC(=O)OC(C)C(Br)(CO)[N+](=O)[O-]. The average molecular weight is 256 g/mol. The van der Waals surface area contributed by atoms with Crippen molar-refractivity contribution in [1.82, 2.24) is 0 Å². The Morgan fingerprint density at radius 2 is 2.31 bits per heavy atom. The summed E-state index contributed by atoms with van der Waals surface area (Å²) in [5.74, 6) is -0.633. The highest BCUT2D eigenvalue weighted by Gasteiger charge is 2.47. The smallest absolute Gasteiger partial charge is 0.332 e. The minimum Gasteiger partial charge on any atom is -0.454 e. The fourth-order valence-electron chi connectivity index (χ4n) is 0.674. The third kappa shape index (κ3) is 2.92. The molecule has 0 rings (SSSR count). The molecule has 0 fully saturated rings. The Kier molecular flexibility index (Phi) is 4.28. The average Bonchev–Trinajstić information content (AvgIpc) is 2.01. The fourth-order valence-corrected chi connectivity index (χ4v) is 0.767. The number of nitrogens with zero attached hydrogens (tertiary/aromatic N) is 1. The first kappa shape index (κ1) is 12.3. The normalized spacial score (nSPS) is 17.2. The second-order valence-electron chi connectivity index (χ2n) is 2.49. The predicted molar refractivity (Wildman–Crippen MR) is 47.0 cm³/mol. The van der Waals surface area contributed by atoms with Gasteiger partial charge in [-0.2, -0.15) is 0 Å². The van der Waals surface area contributed by atoms with E-state index in [1.807, 2.05) is 0 Å². The number of halogens is 1. The first-order chi connectivity index (χ1) is 5.84. The molecule has 6 nitrogen and oxygen atoms in total. The lowest BCUT2D eigenvalue weighted by atomic mass is 10.2. The van der Waals surface area contributed by atoms with Crippen LogP contribution in [-0.2, 0) is 9.53 Å². The Bertz CT molecular complexity index is 221. The van der Waals surface area contributed by atoms with Crippen molar-refractivity contribution in [3.8, 4) is 0 Å². The van der Waals surface area contributed by atoms with Gasteiger partial charge >= 0.3 is 10.4 Å². The minimum absolute atomic E-state index is 0.633. The maximum absolute atomic E-state index is 10.5. The van der Waals surface area contributed by atoms with Crippen molar-refractivity contribution in [3.63, 3.8) is 0 Å². The summed E-state index contributed by atoms with van der Waals surface area (Å²) in [6.07, 6.45) is -1.04. The molecule has 2 atom stereocenters. The topological polar surface area (TPSA) is 89.7 Å². The summed E-state index contributed by atoms with van der Waals surface area (Å²) in [5, 5.41) is 19.2. The van der Waals surface area contributed by atoms with Gasteiger partial charge in [-0.25, -0.2) is 0 Å². The molecule has 0 aromatic heterocycles. The molecule has 0 radical (unpaired) electrons. The maximum Gasteiger partial charge on any atom is 0.332 e. The second-order valence-corrected chi connectivity index (χ2v) is 3.86. The number of hydrogen-bond acceptors (Lipinski definition) is 5. The molecule has 0 heterocycles. The molecular weight excluding hydrogens is 246 g/mol. The van der Waals surface area contributed by atoms with E-state index < -0.39 is 28.1 Å². The van der Waals surface area contributed by atoms with Crippen LogP contribution in [0.25, 0.3) is 0 Å². The molecule has 0 aliphatic carbocycles. The predicted octanol–water partition coefficient (Wildman–Crippen LogP) is 0.298. The lowest BCUT2D eigenvalue weighted by molar-refractivity contribution is -0.549. The van der Waals surface area contributed by atoms with Gasteiger partial charge in [0.25, 0.3) is 0 Å². The zero-order chi connectivity index (χ0) is 10.6. The zero-order valence-electron chi connectivity index (χ0n) is 7.19. The molecular formula is C6H10BrNO5. The van der Waals surface area contributed by atoms with Crippen molar-refractivity contribution in [2.75, 3.05) is 6.61 Å². The lowest BCUT2D eigenvalue weighted by Crippen LogP contribution is -2.47. The van der Waals surface area contributed by atoms with Gasteiger partial charge in [0.1, 0.15) is 6.61 Å². The number of aliphatic hydroxyl groups excluding tert-OH is 1. The van der Waals surface area contributed by atoms with Crippen LogP contribution in [0.4, 0.5) is 0 Å². The standard InChI is InChI=1S/C6H10BrNO5/c1-4(13-5(2)10)6(7,3-9)8(11)12/h4,9H,3H2,1-2H3. The van der Waals surface area contributed by atoms with Crippen molar-refractivity contribution in [2.24, 2.45) is 0 Å². The summed E-state index contributed by atoms with van der Waals surface area (Å²) in [6, 6.07) is 0. The highest BCUT2D eigenvalue weighted by Crippen LogP contribution is 2.25. The molecule has 0 aromatic rings. The highest BCUT2D eigenvalue weighted by atomic mass is 79.9. The summed E-state index contributed by atoms with van der Waals surface area (Å²) >= 11 is 2.72. The molecule has 0 aromatic carbocycles. The van der Waals surface area contributed by atoms with E-state index in [2.05, 4.69) is 20.7 Å². The largest absolute Gasteiger partial charge is 0.454 e. The van der Waals surface area contributed by atoms with E-state index >= 15 is 0 Å². The number of hydrogen-bond donors (Lipinski definition) is 1. The number of aliphatic hydroxyl groups is 1. The molecule has 0 bridgehead atoms. The number of alkyl halides is 1. The van der Waals surface area contributed by atoms with Gasteiger partial charge < -0.3 is 9.84 Å². The third-order valence-corrected chi connectivity index (χ3v) is 2.68. The Morgan fingerprint density at radius 3 is 2.54 bits per heavy atom. The molecule has 1 N–H and O–H groups in total. The van der Waals surface area contributed by atoms with Gasteiger partial charge in [0, 0.05) is 27.8 Å². The van der Waals surface area contributed by atoms with Crippen LogP contribution in [0.1, 0.15) is 13.8 Å². The molecule has 2 unspecified atom stereocenters. The van der Waals surface area contributed by atoms with Crippen molar-refractivity contribution < 1.29 is 19.6 Å². The molecule has 0 spiro atoms. The first-order valence-electron chi connectivity index (χ1n) is 3.46. The maximum atomic E-state index is 10.5. The fraction of sp³-hybridized carbons (Fsp3) is 0.833. The monoisotopic (exact) mass is 255 g/mol. The highest BCUT2D eigenvalue weighted by molar-refractivity contribution is 9.10. The molecule has 0 amide bonds. The van der Waals surface area contributed by atoms with E-state index in [0.29, 0.717) is 0 Å². The van der Waals surface area contributed by atoms with Crippen LogP contribution in [0.2, 0.25) is 0 Å². The zero-order valence-corrected chi connectivity index (χ0v) is 8.78. The Hall–Kier alpha value is -0.690. The summed E-state index contributed by atoms with van der Waals surface area (Å²) in [6.45, 7) is 1.71. The van der Waals surface area contributed by atoms with Crippen molar-refractivity contribution in [1.29, 1.82) is 0 Å². The number of carbonyl (C=O) groups excluding carboxylic acids is 1. The van der Waals surface area contributed by atoms with Crippen LogP contribution >= 0.6 is 15.9 Å². The van der Waals surface area contributed by atoms with E-state index in [9.17, 15) is 14.9 Å². The second kappa shape index (κ2) is 4.52. The van der Waals surface area contributed by atoms with Gasteiger partial charge in [0.15, 0.2) is 6.10 Å². The van der Waals surface area contributed by atoms with Gasteiger partial charge in [0.05, 0.1) is 0 Å². The van der Waals surface area contributed by atoms with Gasteiger partial charge in [-0.1, -0.05) is 0 Å². The number of carbonyl (C=O) groups is 1. The third-order valence-electron chi connectivity index (χ3n) is 1.49. The molecule has 0 aliphatic rings. The lowest BCUT2D eigenvalue weighted by Gasteiger charge is -2.22. The number of nitro groups is 1. The van der Waals surface area contributed by atoms with Gasteiger partial charge in [-0.15, -0.1) is 0 Å². The summed E-state index contributed by atoms with van der Waals surface area (Å²) < 4.78 is 2.76.